The van der Waals surface area contributed by atoms with Crippen LogP contribution >= 0.6 is 11.6 Å². The molecule has 0 aliphatic carbocycles. The second kappa shape index (κ2) is 6.28. The molecule has 8 heteroatoms. The summed E-state index contributed by atoms with van der Waals surface area (Å²) in [7, 11) is -3.74. The molecule has 112 valence electrons. The van der Waals surface area contributed by atoms with Gasteiger partial charge in [0.05, 0.1) is 10.7 Å². The quantitative estimate of drug-likeness (QED) is 0.882. The Bertz CT molecular complexity index is 750. The van der Waals surface area contributed by atoms with Gasteiger partial charge in [-0.05, 0) is 32.0 Å². The van der Waals surface area contributed by atoms with Gasteiger partial charge in [0.25, 0.3) is 10.0 Å². The van der Waals surface area contributed by atoms with Gasteiger partial charge < -0.3 is 5.32 Å². The van der Waals surface area contributed by atoms with Gasteiger partial charge in [-0.2, -0.15) is 0 Å². The molecule has 2 heterocycles. The number of nitrogens with one attached hydrogen (secondary N) is 2. The normalized spacial score (nSPS) is 11.2. The number of halogens is 1. The van der Waals surface area contributed by atoms with Crippen LogP contribution in [-0.4, -0.2) is 24.9 Å². The van der Waals surface area contributed by atoms with Crippen molar-refractivity contribution in [1.82, 2.24) is 9.97 Å². The zero-order valence-corrected chi connectivity index (χ0v) is 13.2. The van der Waals surface area contributed by atoms with E-state index in [1.807, 2.05) is 6.92 Å². The van der Waals surface area contributed by atoms with Gasteiger partial charge in [-0.3, -0.25) is 9.71 Å². The maximum absolute atomic E-state index is 12.3. The highest BCUT2D eigenvalue weighted by molar-refractivity contribution is 7.92. The third-order valence-corrected chi connectivity index (χ3v) is 4.26. The fourth-order valence-corrected chi connectivity index (χ4v) is 3.01. The lowest BCUT2D eigenvalue weighted by atomic mass is 10.3. The minimum Gasteiger partial charge on any atom is -0.369 e. The van der Waals surface area contributed by atoms with Crippen molar-refractivity contribution in [2.24, 2.45) is 0 Å². The second-order valence-electron chi connectivity index (χ2n) is 4.32. The Hall–Kier alpha value is -1.86. The molecule has 0 bridgehead atoms. The van der Waals surface area contributed by atoms with Crippen LogP contribution in [0.25, 0.3) is 0 Å². The summed E-state index contributed by atoms with van der Waals surface area (Å²) in [5, 5.41) is 3.20. The molecule has 2 aromatic heterocycles. The van der Waals surface area contributed by atoms with Crippen molar-refractivity contribution in [1.29, 1.82) is 0 Å². The Balaban J connectivity index is 2.29. The first-order valence-corrected chi connectivity index (χ1v) is 8.13. The number of sulfonamides is 1. The molecule has 0 amide bonds. The van der Waals surface area contributed by atoms with Crippen LogP contribution in [0.3, 0.4) is 0 Å². The van der Waals surface area contributed by atoms with E-state index in [4.69, 9.17) is 11.6 Å². The lowest BCUT2D eigenvalue weighted by molar-refractivity contribution is 0.601. The van der Waals surface area contributed by atoms with Gasteiger partial charge in [0.1, 0.15) is 10.7 Å². The smallest absolute Gasteiger partial charge is 0.263 e. The van der Waals surface area contributed by atoms with E-state index >= 15 is 0 Å². The van der Waals surface area contributed by atoms with Crippen LogP contribution in [0, 0.1) is 6.92 Å². The minimum atomic E-state index is -3.74. The molecule has 0 aliphatic heterocycles. The first kappa shape index (κ1) is 15.5. The lowest BCUT2D eigenvalue weighted by Gasteiger charge is -2.10. The van der Waals surface area contributed by atoms with Gasteiger partial charge in [-0.15, -0.1) is 0 Å². The Morgan fingerprint density at radius 2 is 2.05 bits per heavy atom. The van der Waals surface area contributed by atoms with Crippen molar-refractivity contribution >= 4 is 33.1 Å². The van der Waals surface area contributed by atoms with Crippen LogP contribution in [0.15, 0.2) is 35.5 Å². The van der Waals surface area contributed by atoms with E-state index in [1.54, 1.807) is 19.1 Å². The summed E-state index contributed by atoms with van der Waals surface area (Å²) < 4.78 is 27.0. The number of hydrogen-bond acceptors (Lipinski definition) is 5. The standard InChI is InChI=1S/C13H15ClN4O2S/c1-3-15-13-12(14)7-11(8-17-13)21(19,20)18-10-4-5-16-9(2)6-10/h4-8H,3H2,1-2H3,(H,15,17)(H,16,18). The first-order chi connectivity index (χ1) is 9.92. The van der Waals surface area contributed by atoms with Crippen LogP contribution in [0.2, 0.25) is 5.02 Å². The van der Waals surface area contributed by atoms with Crippen molar-refractivity contribution in [3.8, 4) is 0 Å². The molecular weight excluding hydrogens is 312 g/mol. The molecule has 0 radical (unpaired) electrons. The molecule has 6 nitrogen and oxygen atoms in total. The molecule has 2 rings (SSSR count). The fourth-order valence-electron chi connectivity index (χ4n) is 1.69. The summed E-state index contributed by atoms with van der Waals surface area (Å²) in [6, 6.07) is 4.58. The van der Waals surface area contributed by atoms with E-state index in [0.29, 0.717) is 23.7 Å². The molecule has 2 N–H and O–H groups in total. The Labute approximate surface area is 128 Å². The van der Waals surface area contributed by atoms with Gasteiger partial charge in [-0.1, -0.05) is 11.6 Å². The monoisotopic (exact) mass is 326 g/mol. The Morgan fingerprint density at radius 3 is 2.67 bits per heavy atom. The van der Waals surface area contributed by atoms with Crippen LogP contribution < -0.4 is 10.0 Å². The summed E-state index contributed by atoms with van der Waals surface area (Å²) in [4.78, 5) is 8.03. The van der Waals surface area contributed by atoms with E-state index in [0.717, 1.165) is 0 Å². The lowest BCUT2D eigenvalue weighted by Crippen LogP contribution is -2.14. The van der Waals surface area contributed by atoms with E-state index in [1.165, 1.54) is 18.5 Å². The van der Waals surface area contributed by atoms with Gasteiger partial charge in [0.15, 0.2) is 0 Å². The number of nitrogens with zero attached hydrogens (tertiary/aromatic N) is 2. The van der Waals surface area contributed by atoms with Crippen molar-refractivity contribution < 1.29 is 8.42 Å². The highest BCUT2D eigenvalue weighted by atomic mass is 35.5. The number of aromatic nitrogens is 2. The predicted octanol–water partition coefficient (Wildman–Crippen LogP) is 2.67. The number of aryl methyl sites for hydroxylation is 1. The molecule has 0 aliphatic rings. The van der Waals surface area contributed by atoms with Gasteiger partial charge in [0.2, 0.25) is 0 Å². The highest BCUT2D eigenvalue weighted by Crippen LogP contribution is 2.23. The van der Waals surface area contributed by atoms with Crippen molar-refractivity contribution in [3.05, 3.63) is 41.3 Å². The summed E-state index contributed by atoms with van der Waals surface area (Å²) in [6.07, 6.45) is 2.80. The molecule has 0 unspecified atom stereocenters. The second-order valence-corrected chi connectivity index (χ2v) is 6.41. The van der Waals surface area contributed by atoms with Crippen LogP contribution in [-0.2, 0) is 10.0 Å². The fraction of sp³-hybridized carbons (Fsp3) is 0.231. The van der Waals surface area contributed by atoms with E-state index in [2.05, 4.69) is 20.0 Å². The molecule has 0 saturated heterocycles. The molecule has 0 saturated carbocycles. The molecule has 2 aromatic rings. The zero-order valence-electron chi connectivity index (χ0n) is 11.6. The third kappa shape index (κ3) is 3.83. The van der Waals surface area contributed by atoms with Gasteiger partial charge >= 0.3 is 0 Å². The average Bonchev–Trinajstić information content (AvgIpc) is 2.40. The van der Waals surface area contributed by atoms with Crippen LogP contribution in [0.4, 0.5) is 11.5 Å². The molecule has 0 aromatic carbocycles. The Morgan fingerprint density at radius 1 is 1.29 bits per heavy atom. The number of rotatable bonds is 5. The number of hydrogen-bond donors (Lipinski definition) is 2. The van der Waals surface area contributed by atoms with E-state index < -0.39 is 10.0 Å². The third-order valence-electron chi connectivity index (χ3n) is 2.62. The number of anilines is 2. The maximum Gasteiger partial charge on any atom is 0.263 e. The minimum absolute atomic E-state index is 0.00335. The molecular formula is C13H15ClN4O2S. The molecule has 0 spiro atoms. The summed E-state index contributed by atoms with van der Waals surface area (Å²) in [6.45, 7) is 4.32. The summed E-state index contributed by atoms with van der Waals surface area (Å²) in [5.41, 5.74) is 1.16. The SMILES string of the molecule is CCNc1ncc(S(=O)(=O)Nc2ccnc(C)c2)cc1Cl. The topological polar surface area (TPSA) is 84.0 Å². The van der Waals surface area contributed by atoms with Crippen LogP contribution in [0.1, 0.15) is 12.6 Å². The van der Waals surface area contributed by atoms with Crippen LogP contribution in [0.5, 0.6) is 0 Å². The predicted molar refractivity (Wildman–Crippen MR) is 83.2 cm³/mol. The highest BCUT2D eigenvalue weighted by Gasteiger charge is 2.17. The average molecular weight is 327 g/mol. The van der Waals surface area contributed by atoms with Crippen molar-refractivity contribution in [2.45, 2.75) is 18.7 Å². The largest absolute Gasteiger partial charge is 0.369 e. The molecule has 21 heavy (non-hydrogen) atoms. The molecule has 0 atom stereocenters. The zero-order chi connectivity index (χ0) is 15.5. The van der Waals surface area contributed by atoms with Gasteiger partial charge in [-0.25, -0.2) is 13.4 Å². The van der Waals surface area contributed by atoms with Crippen molar-refractivity contribution in [3.63, 3.8) is 0 Å². The first-order valence-electron chi connectivity index (χ1n) is 6.27. The summed E-state index contributed by atoms with van der Waals surface area (Å²) >= 11 is 6.02. The van der Waals surface area contributed by atoms with E-state index in [-0.39, 0.29) is 9.92 Å². The number of pyridine rings is 2. The Kier molecular flexibility index (Phi) is 4.64. The maximum atomic E-state index is 12.3. The van der Waals surface area contributed by atoms with Gasteiger partial charge in [0, 0.05) is 24.6 Å². The van der Waals surface area contributed by atoms with E-state index in [9.17, 15) is 8.42 Å². The molecule has 0 fully saturated rings. The summed E-state index contributed by atoms with van der Waals surface area (Å²) in [5.74, 6) is 0.456. The van der Waals surface area contributed by atoms with Crippen molar-refractivity contribution in [2.75, 3.05) is 16.6 Å².